The molecule has 2 aromatic carbocycles. The molecule has 6 nitrogen and oxygen atoms in total. The van der Waals surface area contributed by atoms with Crippen molar-refractivity contribution in [3.8, 4) is 0 Å². The summed E-state index contributed by atoms with van der Waals surface area (Å²) in [5.74, 6) is 0.352. The summed E-state index contributed by atoms with van der Waals surface area (Å²) in [5, 5.41) is 11.6. The first-order valence-electron chi connectivity index (χ1n) is 7.86. The van der Waals surface area contributed by atoms with Gasteiger partial charge in [-0.15, -0.1) is 5.10 Å². The van der Waals surface area contributed by atoms with E-state index in [0.717, 1.165) is 11.1 Å². The third-order valence-corrected chi connectivity index (χ3v) is 3.85. The van der Waals surface area contributed by atoms with Crippen molar-refractivity contribution in [3.05, 3.63) is 77.9 Å². The van der Waals surface area contributed by atoms with Crippen LogP contribution in [0, 0.1) is 5.82 Å². The van der Waals surface area contributed by atoms with Crippen LogP contribution in [-0.2, 0) is 13.1 Å². The molecule has 1 N–H and O–H groups in total. The standard InChI is InChI=1S/C18H15FN6/c19-15-8-6-13(7-9-15)10-20-17-16-18(22-12-21-17)25(24-23-16)11-14-4-2-1-3-5-14/h1-9,12H,10-11H2,(H,20,21,22). The lowest BCUT2D eigenvalue weighted by Crippen LogP contribution is -2.04. The number of halogens is 1. The van der Waals surface area contributed by atoms with E-state index in [2.05, 4.69) is 25.6 Å². The number of fused-ring (bicyclic) bond motifs is 1. The van der Waals surface area contributed by atoms with Gasteiger partial charge in [0.1, 0.15) is 12.1 Å². The molecule has 0 saturated carbocycles. The van der Waals surface area contributed by atoms with Crippen molar-refractivity contribution in [1.29, 1.82) is 0 Å². The van der Waals surface area contributed by atoms with Crippen LogP contribution in [0.2, 0.25) is 0 Å². The average Bonchev–Trinajstić information content (AvgIpc) is 3.06. The summed E-state index contributed by atoms with van der Waals surface area (Å²) in [7, 11) is 0. The molecule has 0 saturated heterocycles. The van der Waals surface area contributed by atoms with Crippen LogP contribution in [0.25, 0.3) is 11.2 Å². The average molecular weight is 334 g/mol. The lowest BCUT2D eigenvalue weighted by molar-refractivity contribution is 0.627. The summed E-state index contributed by atoms with van der Waals surface area (Å²) in [6, 6.07) is 16.3. The van der Waals surface area contributed by atoms with Gasteiger partial charge in [-0.25, -0.2) is 19.0 Å². The molecule has 0 aliphatic heterocycles. The number of anilines is 1. The van der Waals surface area contributed by atoms with Gasteiger partial charge in [-0.3, -0.25) is 0 Å². The van der Waals surface area contributed by atoms with Crippen molar-refractivity contribution < 1.29 is 4.39 Å². The molecule has 124 valence electrons. The van der Waals surface area contributed by atoms with Crippen LogP contribution in [0.5, 0.6) is 0 Å². The highest BCUT2D eigenvalue weighted by molar-refractivity contribution is 5.81. The van der Waals surface area contributed by atoms with E-state index in [4.69, 9.17) is 0 Å². The number of hydrogen-bond donors (Lipinski definition) is 1. The second kappa shape index (κ2) is 6.64. The SMILES string of the molecule is Fc1ccc(CNc2ncnc3c2nnn3Cc2ccccc2)cc1. The van der Waals surface area contributed by atoms with Gasteiger partial charge in [-0.1, -0.05) is 47.7 Å². The van der Waals surface area contributed by atoms with Crippen molar-refractivity contribution in [2.45, 2.75) is 13.1 Å². The Morgan fingerprint density at radius 3 is 2.52 bits per heavy atom. The van der Waals surface area contributed by atoms with E-state index in [9.17, 15) is 4.39 Å². The predicted molar refractivity (Wildman–Crippen MR) is 92.4 cm³/mol. The van der Waals surface area contributed by atoms with Gasteiger partial charge in [0, 0.05) is 6.54 Å². The summed E-state index contributed by atoms with van der Waals surface area (Å²) in [5.41, 5.74) is 3.35. The summed E-state index contributed by atoms with van der Waals surface area (Å²) in [6.45, 7) is 1.10. The second-order valence-corrected chi connectivity index (χ2v) is 5.61. The number of nitrogens with one attached hydrogen (secondary N) is 1. The van der Waals surface area contributed by atoms with Crippen LogP contribution in [-0.4, -0.2) is 25.0 Å². The number of aromatic nitrogens is 5. The molecule has 2 heterocycles. The van der Waals surface area contributed by atoms with Crippen LogP contribution < -0.4 is 5.32 Å². The maximum absolute atomic E-state index is 13.0. The first-order valence-corrected chi connectivity index (χ1v) is 7.86. The van der Waals surface area contributed by atoms with Crippen molar-refractivity contribution in [2.75, 3.05) is 5.32 Å². The van der Waals surface area contributed by atoms with Crippen LogP contribution in [0.4, 0.5) is 10.2 Å². The van der Waals surface area contributed by atoms with Gasteiger partial charge in [0.25, 0.3) is 0 Å². The van der Waals surface area contributed by atoms with Crippen molar-refractivity contribution >= 4 is 17.0 Å². The Balaban J connectivity index is 1.57. The Morgan fingerprint density at radius 2 is 1.72 bits per heavy atom. The summed E-state index contributed by atoms with van der Waals surface area (Å²) in [6.07, 6.45) is 1.49. The topological polar surface area (TPSA) is 68.5 Å². The minimum atomic E-state index is -0.253. The largest absolute Gasteiger partial charge is 0.364 e. The Bertz CT molecular complexity index is 982. The summed E-state index contributed by atoms with van der Waals surface area (Å²) >= 11 is 0. The van der Waals surface area contributed by atoms with Gasteiger partial charge in [0.05, 0.1) is 6.54 Å². The highest BCUT2D eigenvalue weighted by Gasteiger charge is 2.11. The highest BCUT2D eigenvalue weighted by Crippen LogP contribution is 2.18. The lowest BCUT2D eigenvalue weighted by Gasteiger charge is -2.06. The molecule has 2 aromatic heterocycles. The molecule has 0 aliphatic rings. The molecule has 4 aromatic rings. The molecule has 0 radical (unpaired) electrons. The fourth-order valence-electron chi connectivity index (χ4n) is 2.57. The van der Waals surface area contributed by atoms with E-state index in [1.807, 2.05) is 30.3 Å². The molecule has 0 aliphatic carbocycles. The Labute approximate surface area is 143 Å². The fraction of sp³-hybridized carbons (Fsp3) is 0.111. The Kier molecular flexibility index (Phi) is 4.04. The van der Waals surface area contributed by atoms with Crippen molar-refractivity contribution in [2.24, 2.45) is 0 Å². The van der Waals surface area contributed by atoms with E-state index in [1.165, 1.54) is 18.5 Å². The third kappa shape index (κ3) is 3.30. The Hall–Kier alpha value is -3.35. The highest BCUT2D eigenvalue weighted by atomic mass is 19.1. The number of nitrogens with zero attached hydrogens (tertiary/aromatic N) is 5. The molecular formula is C18H15FN6. The van der Waals surface area contributed by atoms with Gasteiger partial charge in [0.15, 0.2) is 17.0 Å². The lowest BCUT2D eigenvalue weighted by atomic mass is 10.2. The normalized spacial score (nSPS) is 10.9. The molecule has 25 heavy (non-hydrogen) atoms. The van der Waals surface area contributed by atoms with E-state index < -0.39 is 0 Å². The van der Waals surface area contributed by atoms with E-state index in [-0.39, 0.29) is 5.82 Å². The first kappa shape index (κ1) is 15.2. The quantitative estimate of drug-likeness (QED) is 0.607. The second-order valence-electron chi connectivity index (χ2n) is 5.61. The smallest absolute Gasteiger partial charge is 0.184 e. The zero-order valence-corrected chi connectivity index (χ0v) is 13.3. The fourth-order valence-corrected chi connectivity index (χ4v) is 2.57. The molecule has 7 heteroatoms. The molecule has 4 rings (SSSR count). The number of rotatable bonds is 5. The summed E-state index contributed by atoms with van der Waals surface area (Å²) in [4.78, 5) is 8.55. The zero-order valence-electron chi connectivity index (χ0n) is 13.3. The van der Waals surface area contributed by atoms with Crippen LogP contribution >= 0.6 is 0 Å². The molecular weight excluding hydrogens is 319 g/mol. The molecule has 0 bridgehead atoms. The van der Waals surface area contributed by atoms with Gasteiger partial charge in [-0.05, 0) is 23.3 Å². The van der Waals surface area contributed by atoms with Gasteiger partial charge in [-0.2, -0.15) is 0 Å². The molecule has 0 spiro atoms. The van der Waals surface area contributed by atoms with Crippen LogP contribution in [0.15, 0.2) is 60.9 Å². The van der Waals surface area contributed by atoms with Gasteiger partial charge in [0.2, 0.25) is 0 Å². The van der Waals surface area contributed by atoms with Crippen molar-refractivity contribution in [1.82, 2.24) is 25.0 Å². The monoisotopic (exact) mass is 334 g/mol. The molecule has 0 fully saturated rings. The molecule has 0 unspecified atom stereocenters. The Morgan fingerprint density at radius 1 is 0.920 bits per heavy atom. The summed E-state index contributed by atoms with van der Waals surface area (Å²) < 4.78 is 14.7. The number of hydrogen-bond acceptors (Lipinski definition) is 5. The minimum Gasteiger partial charge on any atom is -0.364 e. The minimum absolute atomic E-state index is 0.253. The predicted octanol–water partition coefficient (Wildman–Crippen LogP) is 3.02. The van der Waals surface area contributed by atoms with Gasteiger partial charge < -0.3 is 5.32 Å². The van der Waals surface area contributed by atoms with Crippen LogP contribution in [0.1, 0.15) is 11.1 Å². The number of benzene rings is 2. The zero-order chi connectivity index (χ0) is 17.1. The van der Waals surface area contributed by atoms with Crippen LogP contribution in [0.3, 0.4) is 0 Å². The van der Waals surface area contributed by atoms with Crippen molar-refractivity contribution in [3.63, 3.8) is 0 Å². The molecule has 0 atom stereocenters. The van der Waals surface area contributed by atoms with E-state index >= 15 is 0 Å². The third-order valence-electron chi connectivity index (χ3n) is 3.85. The van der Waals surface area contributed by atoms with E-state index in [1.54, 1.807) is 16.8 Å². The van der Waals surface area contributed by atoms with E-state index in [0.29, 0.717) is 30.1 Å². The maximum Gasteiger partial charge on any atom is 0.184 e. The molecule has 0 amide bonds. The van der Waals surface area contributed by atoms with Gasteiger partial charge >= 0.3 is 0 Å². The first-order chi connectivity index (χ1) is 12.3. The maximum atomic E-state index is 13.0.